The van der Waals surface area contributed by atoms with E-state index in [1.165, 1.54) is 23.7 Å². The first-order valence-electron chi connectivity index (χ1n) is 10.2. The predicted octanol–water partition coefficient (Wildman–Crippen LogP) is 4.34. The van der Waals surface area contributed by atoms with E-state index < -0.39 is 0 Å². The molecule has 8 heteroatoms. The third-order valence-electron chi connectivity index (χ3n) is 5.42. The first kappa shape index (κ1) is 20.2. The molecule has 156 valence electrons. The molecule has 4 rings (SSSR count). The topological polar surface area (TPSA) is 95.6 Å². The number of hydrogen-bond donors (Lipinski definition) is 1. The summed E-state index contributed by atoms with van der Waals surface area (Å²) in [5.41, 5.74) is 2.26. The number of ether oxygens (including phenoxy) is 1. The van der Waals surface area contributed by atoms with E-state index in [-0.39, 0.29) is 18.1 Å². The summed E-state index contributed by atoms with van der Waals surface area (Å²) < 4.78 is 10.7. The molecule has 1 aliphatic carbocycles. The Hall–Kier alpha value is -3.05. The van der Waals surface area contributed by atoms with E-state index in [2.05, 4.69) is 11.4 Å². The van der Waals surface area contributed by atoms with E-state index in [1.807, 2.05) is 0 Å². The number of carbonyl (C=O) groups excluding carboxylic acids is 2. The van der Waals surface area contributed by atoms with Gasteiger partial charge in [-0.1, -0.05) is 0 Å². The molecule has 0 saturated carbocycles. The molecule has 0 aromatic carbocycles. The minimum atomic E-state index is -0.306. The summed E-state index contributed by atoms with van der Waals surface area (Å²) >= 11 is 1.39. The Morgan fingerprint density at radius 1 is 1.33 bits per heavy atom. The lowest BCUT2D eigenvalue weighted by molar-refractivity contribution is -0.111. The molecule has 2 aromatic heterocycles. The maximum absolute atomic E-state index is 12.4. The number of piperidine rings is 1. The van der Waals surface area contributed by atoms with Crippen LogP contribution in [0, 0.1) is 11.3 Å². The van der Waals surface area contributed by atoms with Crippen molar-refractivity contribution in [3.05, 3.63) is 46.2 Å². The summed E-state index contributed by atoms with van der Waals surface area (Å²) in [4.78, 5) is 27.5. The molecule has 2 amide bonds. The van der Waals surface area contributed by atoms with Crippen LogP contribution in [0.3, 0.4) is 0 Å². The Morgan fingerprint density at radius 3 is 2.90 bits per heavy atom. The molecule has 1 N–H and O–H groups in total. The van der Waals surface area contributed by atoms with Crippen LogP contribution in [-0.4, -0.2) is 36.1 Å². The molecule has 1 unspecified atom stereocenters. The zero-order chi connectivity index (χ0) is 20.9. The third kappa shape index (κ3) is 4.57. The zero-order valence-electron chi connectivity index (χ0n) is 16.6. The van der Waals surface area contributed by atoms with Gasteiger partial charge in [-0.3, -0.25) is 4.79 Å². The molecule has 1 fully saturated rings. The standard InChI is InChI=1S/C22H23N3O4S/c23-13-18-17-6-5-16(29-22(27)25-9-2-1-3-10-25)12-19(17)30-21(18)24-20(26)7-4-15-8-11-28-14-15/h4,7-8,11,14,16H,1-3,5-6,9-10,12H2,(H,24,26). The Labute approximate surface area is 178 Å². The van der Waals surface area contributed by atoms with Crippen molar-refractivity contribution in [3.63, 3.8) is 0 Å². The molecular weight excluding hydrogens is 402 g/mol. The highest BCUT2D eigenvalue weighted by atomic mass is 32.1. The highest BCUT2D eigenvalue weighted by molar-refractivity contribution is 7.16. The number of nitriles is 1. The Bertz CT molecular complexity index is 981. The maximum atomic E-state index is 12.4. The number of furan rings is 1. The quantitative estimate of drug-likeness (QED) is 0.735. The van der Waals surface area contributed by atoms with Gasteiger partial charge in [0.25, 0.3) is 0 Å². The number of anilines is 1. The molecule has 1 aliphatic heterocycles. The minimum absolute atomic E-state index is 0.193. The second-order valence-electron chi connectivity index (χ2n) is 7.50. The first-order valence-corrected chi connectivity index (χ1v) is 11.0. The van der Waals surface area contributed by atoms with Gasteiger partial charge in [0, 0.05) is 36.0 Å². The summed E-state index contributed by atoms with van der Waals surface area (Å²) in [6, 6.07) is 3.98. The highest BCUT2D eigenvalue weighted by Gasteiger charge is 2.29. The number of rotatable bonds is 4. The molecule has 3 heterocycles. The van der Waals surface area contributed by atoms with Crippen molar-refractivity contribution >= 4 is 34.4 Å². The molecule has 0 bridgehead atoms. The summed E-state index contributed by atoms with van der Waals surface area (Å²) in [5.74, 6) is -0.306. The molecule has 7 nitrogen and oxygen atoms in total. The molecular formula is C22H23N3O4S. The Kier molecular flexibility index (Phi) is 6.19. The van der Waals surface area contributed by atoms with Crippen molar-refractivity contribution in [1.82, 2.24) is 4.90 Å². The fraction of sp³-hybridized carbons (Fsp3) is 0.409. The summed E-state index contributed by atoms with van der Waals surface area (Å²) in [6.07, 6.45) is 10.8. The number of amides is 2. The van der Waals surface area contributed by atoms with E-state index in [1.54, 1.807) is 23.3 Å². The van der Waals surface area contributed by atoms with Crippen LogP contribution >= 0.6 is 11.3 Å². The van der Waals surface area contributed by atoms with Crippen LogP contribution in [0.1, 0.15) is 47.3 Å². The van der Waals surface area contributed by atoms with Crippen LogP contribution in [0.4, 0.5) is 9.80 Å². The van der Waals surface area contributed by atoms with Gasteiger partial charge in [0.2, 0.25) is 5.91 Å². The van der Waals surface area contributed by atoms with Crippen molar-refractivity contribution in [1.29, 1.82) is 5.26 Å². The molecule has 30 heavy (non-hydrogen) atoms. The third-order valence-corrected chi connectivity index (χ3v) is 6.59. The average Bonchev–Trinajstić information content (AvgIpc) is 3.39. The van der Waals surface area contributed by atoms with Crippen molar-refractivity contribution in [2.75, 3.05) is 18.4 Å². The number of hydrogen-bond acceptors (Lipinski definition) is 6. The fourth-order valence-electron chi connectivity index (χ4n) is 3.85. The predicted molar refractivity (Wildman–Crippen MR) is 113 cm³/mol. The summed E-state index contributed by atoms with van der Waals surface area (Å²) in [6.45, 7) is 1.52. The van der Waals surface area contributed by atoms with E-state index >= 15 is 0 Å². The number of likely N-dealkylation sites (tertiary alicyclic amines) is 1. The van der Waals surface area contributed by atoms with Crippen molar-refractivity contribution < 1.29 is 18.7 Å². The molecule has 0 radical (unpaired) electrons. The van der Waals surface area contributed by atoms with Gasteiger partial charge in [-0.05, 0) is 49.8 Å². The Balaban J connectivity index is 1.41. The summed E-state index contributed by atoms with van der Waals surface area (Å²) in [7, 11) is 0. The van der Waals surface area contributed by atoms with E-state index in [9.17, 15) is 14.9 Å². The van der Waals surface area contributed by atoms with Gasteiger partial charge in [-0.25, -0.2) is 4.79 Å². The van der Waals surface area contributed by atoms with Gasteiger partial charge in [0.05, 0.1) is 18.1 Å². The van der Waals surface area contributed by atoms with E-state index in [4.69, 9.17) is 9.15 Å². The van der Waals surface area contributed by atoms with Crippen LogP contribution < -0.4 is 5.32 Å². The average molecular weight is 426 g/mol. The van der Waals surface area contributed by atoms with Gasteiger partial charge >= 0.3 is 6.09 Å². The van der Waals surface area contributed by atoms with E-state index in [0.29, 0.717) is 29.8 Å². The fourth-order valence-corrected chi connectivity index (χ4v) is 5.12. The number of thiophene rings is 1. The van der Waals surface area contributed by atoms with Crippen LogP contribution in [0.25, 0.3) is 6.08 Å². The van der Waals surface area contributed by atoms with Gasteiger partial charge in [-0.15, -0.1) is 11.3 Å². The van der Waals surface area contributed by atoms with Gasteiger partial charge in [0.1, 0.15) is 17.2 Å². The van der Waals surface area contributed by atoms with Gasteiger partial charge in [0.15, 0.2) is 0 Å². The van der Waals surface area contributed by atoms with Gasteiger partial charge in [-0.2, -0.15) is 5.26 Å². The number of nitrogens with one attached hydrogen (secondary N) is 1. The largest absolute Gasteiger partial charge is 0.472 e. The lowest BCUT2D eigenvalue weighted by Crippen LogP contribution is -2.39. The summed E-state index contributed by atoms with van der Waals surface area (Å²) in [5, 5.41) is 13.0. The normalized spacial score (nSPS) is 18.6. The second kappa shape index (κ2) is 9.18. The minimum Gasteiger partial charge on any atom is -0.472 e. The van der Waals surface area contributed by atoms with Crippen LogP contribution in [0.2, 0.25) is 0 Å². The second-order valence-corrected chi connectivity index (χ2v) is 8.60. The van der Waals surface area contributed by atoms with Crippen LogP contribution in [0.5, 0.6) is 0 Å². The maximum Gasteiger partial charge on any atom is 0.410 e. The van der Waals surface area contributed by atoms with Crippen LogP contribution in [-0.2, 0) is 22.4 Å². The number of fused-ring (bicyclic) bond motifs is 1. The lowest BCUT2D eigenvalue weighted by atomic mass is 9.94. The van der Waals surface area contributed by atoms with Gasteiger partial charge < -0.3 is 19.4 Å². The SMILES string of the molecule is N#Cc1c(NC(=O)C=Cc2ccoc2)sc2c1CCC(OC(=O)N1CCCCC1)C2. The molecule has 2 aromatic rings. The van der Waals surface area contributed by atoms with Crippen molar-refractivity contribution in [3.8, 4) is 6.07 Å². The monoisotopic (exact) mass is 425 g/mol. The highest BCUT2D eigenvalue weighted by Crippen LogP contribution is 2.38. The first-order chi connectivity index (χ1) is 14.6. The van der Waals surface area contributed by atoms with Crippen molar-refractivity contribution in [2.45, 2.75) is 44.6 Å². The van der Waals surface area contributed by atoms with Crippen LogP contribution in [0.15, 0.2) is 29.1 Å². The number of carbonyl (C=O) groups is 2. The smallest absolute Gasteiger partial charge is 0.410 e. The molecule has 2 aliphatic rings. The van der Waals surface area contributed by atoms with Crippen molar-refractivity contribution in [2.24, 2.45) is 0 Å². The molecule has 1 saturated heterocycles. The number of nitrogens with zero attached hydrogens (tertiary/aromatic N) is 2. The van der Waals surface area contributed by atoms with E-state index in [0.717, 1.165) is 48.4 Å². The lowest BCUT2D eigenvalue weighted by Gasteiger charge is -2.29. The molecule has 1 atom stereocenters. The zero-order valence-corrected chi connectivity index (χ0v) is 17.4. The molecule has 0 spiro atoms. The Morgan fingerprint density at radius 2 is 2.17 bits per heavy atom.